The molecule has 16 heavy (non-hydrogen) atoms. The van der Waals surface area contributed by atoms with Gasteiger partial charge in [-0.15, -0.1) is 11.3 Å². The zero-order valence-corrected chi connectivity index (χ0v) is 11.3. The Bertz CT molecular complexity index is 391. The lowest BCUT2D eigenvalue weighted by molar-refractivity contribution is -0.147. The topological polar surface area (TPSA) is 57.6 Å². The van der Waals surface area contributed by atoms with Crippen LogP contribution in [0.2, 0.25) is 0 Å². The highest BCUT2D eigenvalue weighted by molar-refractivity contribution is 9.11. The van der Waals surface area contributed by atoms with Gasteiger partial charge in [-0.1, -0.05) is 0 Å². The average Bonchev–Trinajstić information content (AvgIpc) is 2.59. The lowest BCUT2D eigenvalue weighted by atomic mass is 10.2. The van der Waals surface area contributed by atoms with Crippen molar-refractivity contribution in [1.82, 2.24) is 4.90 Å². The van der Waals surface area contributed by atoms with Crippen molar-refractivity contribution in [3.05, 3.63) is 20.8 Å². The summed E-state index contributed by atoms with van der Waals surface area (Å²) in [6.45, 7) is 3.57. The summed E-state index contributed by atoms with van der Waals surface area (Å²) in [5.41, 5.74) is 0. The van der Waals surface area contributed by atoms with Gasteiger partial charge < -0.3 is 10.0 Å². The summed E-state index contributed by atoms with van der Waals surface area (Å²) in [5.74, 6) is -1.02. The summed E-state index contributed by atoms with van der Waals surface area (Å²) in [6.07, 6.45) is 0.580. The summed E-state index contributed by atoms with van der Waals surface area (Å²) >= 11 is 4.60. The molecule has 0 saturated heterocycles. The van der Waals surface area contributed by atoms with E-state index >= 15 is 0 Å². The third-order valence-corrected chi connectivity index (χ3v) is 3.79. The molecule has 1 aromatic heterocycles. The highest BCUT2D eigenvalue weighted by Gasteiger charge is 2.29. The molecule has 1 amide bonds. The quantitative estimate of drug-likeness (QED) is 0.850. The number of aliphatic carboxylic acids is 1. The van der Waals surface area contributed by atoms with Gasteiger partial charge in [0.15, 0.2) is 6.04 Å². The minimum absolute atomic E-state index is 0.153. The standard InChI is InChI=1S/C10H12BrNO3S/c1-6(2)12(5-13)9(10(14)15)7-3-4-8(11)16-7/h3-6,9H,1-2H3,(H,14,15). The molecule has 0 aliphatic rings. The number of amides is 1. The second-order valence-electron chi connectivity index (χ2n) is 3.53. The highest BCUT2D eigenvalue weighted by Crippen LogP contribution is 2.31. The fourth-order valence-electron chi connectivity index (χ4n) is 1.35. The van der Waals surface area contributed by atoms with Gasteiger partial charge in [-0.3, -0.25) is 4.79 Å². The van der Waals surface area contributed by atoms with Crippen LogP contribution in [0.4, 0.5) is 0 Å². The number of carbonyl (C=O) groups excluding carboxylic acids is 1. The molecule has 0 spiro atoms. The van der Waals surface area contributed by atoms with Crippen LogP contribution in [0.25, 0.3) is 0 Å². The van der Waals surface area contributed by atoms with Gasteiger partial charge in [0.25, 0.3) is 0 Å². The monoisotopic (exact) mass is 305 g/mol. The van der Waals surface area contributed by atoms with Crippen molar-refractivity contribution >= 4 is 39.6 Å². The Morgan fingerprint density at radius 3 is 2.50 bits per heavy atom. The Morgan fingerprint density at radius 1 is 1.56 bits per heavy atom. The van der Waals surface area contributed by atoms with Gasteiger partial charge in [0.1, 0.15) is 0 Å². The van der Waals surface area contributed by atoms with E-state index in [1.165, 1.54) is 16.2 Å². The lowest BCUT2D eigenvalue weighted by Gasteiger charge is -2.27. The number of nitrogens with zero attached hydrogens (tertiary/aromatic N) is 1. The van der Waals surface area contributed by atoms with E-state index in [-0.39, 0.29) is 6.04 Å². The molecule has 0 aliphatic carbocycles. The van der Waals surface area contributed by atoms with Gasteiger partial charge in [0, 0.05) is 10.9 Å². The molecule has 88 valence electrons. The predicted molar refractivity (Wildman–Crippen MR) is 65.4 cm³/mol. The summed E-state index contributed by atoms with van der Waals surface area (Å²) in [6, 6.07) is 2.43. The minimum Gasteiger partial charge on any atom is -0.479 e. The maximum Gasteiger partial charge on any atom is 0.331 e. The number of halogens is 1. The van der Waals surface area contributed by atoms with Crippen molar-refractivity contribution in [2.75, 3.05) is 0 Å². The molecule has 1 aromatic rings. The van der Waals surface area contributed by atoms with Crippen LogP contribution in [-0.4, -0.2) is 28.4 Å². The van der Waals surface area contributed by atoms with E-state index in [9.17, 15) is 14.7 Å². The first-order valence-electron chi connectivity index (χ1n) is 4.68. The fourth-order valence-corrected chi connectivity index (χ4v) is 2.88. The second kappa shape index (κ2) is 5.45. The first kappa shape index (κ1) is 13.2. The fraction of sp³-hybridized carbons (Fsp3) is 0.400. The molecule has 0 aliphatic heterocycles. The van der Waals surface area contributed by atoms with E-state index < -0.39 is 12.0 Å². The summed E-state index contributed by atoms with van der Waals surface area (Å²) in [7, 11) is 0. The number of hydrogen-bond donors (Lipinski definition) is 1. The van der Waals surface area contributed by atoms with Crippen LogP contribution in [0.15, 0.2) is 15.9 Å². The van der Waals surface area contributed by atoms with Crippen molar-refractivity contribution in [3.8, 4) is 0 Å². The highest BCUT2D eigenvalue weighted by atomic mass is 79.9. The summed E-state index contributed by atoms with van der Waals surface area (Å²) in [5, 5.41) is 9.18. The van der Waals surface area contributed by atoms with E-state index in [1.54, 1.807) is 26.0 Å². The second-order valence-corrected chi connectivity index (χ2v) is 6.02. The van der Waals surface area contributed by atoms with Gasteiger partial charge in [-0.05, 0) is 41.9 Å². The number of carboxylic acid groups (broad SMARTS) is 1. The molecule has 0 aromatic carbocycles. The SMILES string of the molecule is CC(C)N(C=O)C(C(=O)O)c1ccc(Br)s1. The van der Waals surface area contributed by atoms with E-state index in [1.807, 2.05) is 0 Å². The third-order valence-electron chi connectivity index (χ3n) is 2.11. The molecule has 6 heteroatoms. The lowest BCUT2D eigenvalue weighted by Crippen LogP contribution is -2.37. The molecule has 1 atom stereocenters. The Hall–Kier alpha value is -0.880. The Morgan fingerprint density at radius 2 is 2.19 bits per heavy atom. The first-order chi connectivity index (χ1) is 7.47. The molecular formula is C10H12BrNO3S. The molecule has 0 saturated carbocycles. The number of rotatable bonds is 5. The third kappa shape index (κ3) is 2.82. The molecule has 1 heterocycles. The Labute approximate surface area is 106 Å². The van der Waals surface area contributed by atoms with Crippen molar-refractivity contribution < 1.29 is 14.7 Å². The van der Waals surface area contributed by atoms with E-state index in [4.69, 9.17) is 0 Å². The minimum atomic E-state index is -1.02. The van der Waals surface area contributed by atoms with E-state index in [2.05, 4.69) is 15.9 Å². The molecule has 0 fully saturated rings. The van der Waals surface area contributed by atoms with Crippen LogP contribution in [0.5, 0.6) is 0 Å². The number of thiophene rings is 1. The number of hydrogen-bond acceptors (Lipinski definition) is 3. The molecule has 0 bridgehead atoms. The van der Waals surface area contributed by atoms with Crippen molar-refractivity contribution in [1.29, 1.82) is 0 Å². The Balaban J connectivity index is 3.08. The van der Waals surface area contributed by atoms with Crippen LogP contribution in [0, 0.1) is 0 Å². The van der Waals surface area contributed by atoms with E-state index in [0.29, 0.717) is 11.3 Å². The first-order valence-corrected chi connectivity index (χ1v) is 6.29. The largest absolute Gasteiger partial charge is 0.479 e. The van der Waals surface area contributed by atoms with Gasteiger partial charge in [0.05, 0.1) is 3.79 Å². The van der Waals surface area contributed by atoms with Crippen LogP contribution in [0.1, 0.15) is 24.8 Å². The molecular weight excluding hydrogens is 294 g/mol. The van der Waals surface area contributed by atoms with Crippen molar-refractivity contribution in [2.24, 2.45) is 0 Å². The zero-order valence-electron chi connectivity index (χ0n) is 8.88. The van der Waals surface area contributed by atoms with Gasteiger partial charge >= 0.3 is 5.97 Å². The Kier molecular flexibility index (Phi) is 4.49. The molecule has 1 unspecified atom stereocenters. The maximum absolute atomic E-state index is 11.2. The van der Waals surface area contributed by atoms with Gasteiger partial charge in [-0.2, -0.15) is 0 Å². The molecule has 1 rings (SSSR count). The molecule has 1 N–H and O–H groups in total. The average molecular weight is 306 g/mol. The molecule has 0 radical (unpaired) electrons. The zero-order chi connectivity index (χ0) is 12.3. The number of carboxylic acids is 1. The van der Waals surface area contributed by atoms with Crippen LogP contribution in [0.3, 0.4) is 0 Å². The van der Waals surface area contributed by atoms with Gasteiger partial charge in [-0.25, -0.2) is 4.79 Å². The van der Waals surface area contributed by atoms with E-state index in [0.717, 1.165) is 3.79 Å². The summed E-state index contributed by atoms with van der Waals surface area (Å²) < 4.78 is 0.850. The molecule has 4 nitrogen and oxygen atoms in total. The van der Waals surface area contributed by atoms with Crippen LogP contribution in [-0.2, 0) is 9.59 Å². The number of carbonyl (C=O) groups is 2. The van der Waals surface area contributed by atoms with Crippen LogP contribution >= 0.6 is 27.3 Å². The van der Waals surface area contributed by atoms with Gasteiger partial charge in [0.2, 0.25) is 6.41 Å². The smallest absolute Gasteiger partial charge is 0.331 e. The summed E-state index contributed by atoms with van der Waals surface area (Å²) in [4.78, 5) is 24.1. The predicted octanol–water partition coefficient (Wildman–Crippen LogP) is 2.50. The normalized spacial score (nSPS) is 12.5. The van der Waals surface area contributed by atoms with Crippen molar-refractivity contribution in [2.45, 2.75) is 25.9 Å². The van der Waals surface area contributed by atoms with Crippen molar-refractivity contribution in [3.63, 3.8) is 0 Å². The van der Waals surface area contributed by atoms with Crippen LogP contribution < -0.4 is 0 Å². The maximum atomic E-state index is 11.2.